The summed E-state index contributed by atoms with van der Waals surface area (Å²) in [5.74, 6) is -0.00450. The number of carbonyl (C=O) groups excluding carboxylic acids is 1. The van der Waals surface area contributed by atoms with Gasteiger partial charge in [-0.15, -0.1) is 5.10 Å². The standard InChI is InChI=1S/C7H14N6O2/c1-13-11-7(10-12-13)9-6(14)5-8-3-4-15-2/h8H,3-5H2,1-2H3,(H,9,11,14). The smallest absolute Gasteiger partial charge is 0.270 e. The Morgan fingerprint density at radius 2 is 2.40 bits per heavy atom. The molecule has 1 rings (SSSR count). The van der Waals surface area contributed by atoms with Gasteiger partial charge in [0.25, 0.3) is 5.95 Å². The molecule has 0 saturated carbocycles. The van der Waals surface area contributed by atoms with E-state index in [0.29, 0.717) is 13.2 Å². The molecular weight excluding hydrogens is 200 g/mol. The van der Waals surface area contributed by atoms with E-state index >= 15 is 0 Å². The first-order valence-corrected chi connectivity index (χ1v) is 4.46. The number of anilines is 1. The number of hydrogen-bond donors (Lipinski definition) is 2. The van der Waals surface area contributed by atoms with Crippen LogP contribution in [-0.4, -0.2) is 52.9 Å². The fourth-order valence-electron chi connectivity index (χ4n) is 0.879. The third-order valence-corrected chi connectivity index (χ3v) is 1.53. The van der Waals surface area contributed by atoms with Gasteiger partial charge in [0, 0.05) is 13.7 Å². The zero-order chi connectivity index (χ0) is 11.1. The lowest BCUT2D eigenvalue weighted by atomic mass is 10.5. The van der Waals surface area contributed by atoms with Crippen LogP contribution in [0.15, 0.2) is 0 Å². The predicted molar refractivity (Wildman–Crippen MR) is 52.2 cm³/mol. The van der Waals surface area contributed by atoms with E-state index in [2.05, 4.69) is 26.0 Å². The number of ether oxygens (including phenoxy) is 1. The van der Waals surface area contributed by atoms with E-state index in [-0.39, 0.29) is 18.4 Å². The Hall–Kier alpha value is -1.54. The second-order valence-corrected chi connectivity index (χ2v) is 2.82. The third kappa shape index (κ3) is 4.47. The van der Waals surface area contributed by atoms with Crippen LogP contribution in [0.5, 0.6) is 0 Å². The quantitative estimate of drug-likeness (QED) is 0.553. The Kier molecular flexibility index (Phi) is 4.64. The van der Waals surface area contributed by atoms with Crippen molar-refractivity contribution >= 4 is 11.9 Å². The Morgan fingerprint density at radius 1 is 1.60 bits per heavy atom. The molecule has 0 bridgehead atoms. The highest BCUT2D eigenvalue weighted by atomic mass is 16.5. The van der Waals surface area contributed by atoms with Crippen LogP contribution in [0.25, 0.3) is 0 Å². The molecule has 0 spiro atoms. The summed E-state index contributed by atoms with van der Waals surface area (Å²) < 4.78 is 4.81. The summed E-state index contributed by atoms with van der Waals surface area (Å²) in [5.41, 5.74) is 0. The van der Waals surface area contributed by atoms with Gasteiger partial charge in [-0.3, -0.25) is 10.1 Å². The molecular formula is C7H14N6O2. The van der Waals surface area contributed by atoms with Gasteiger partial charge in [0.1, 0.15) is 0 Å². The molecule has 0 atom stereocenters. The molecule has 0 aliphatic heterocycles. The Morgan fingerprint density at radius 3 is 3.00 bits per heavy atom. The number of aromatic nitrogens is 4. The van der Waals surface area contributed by atoms with Crippen molar-refractivity contribution in [3.63, 3.8) is 0 Å². The molecule has 1 aromatic rings. The molecule has 1 aromatic heterocycles. The molecule has 2 N–H and O–H groups in total. The summed E-state index contributed by atoms with van der Waals surface area (Å²) >= 11 is 0. The molecule has 1 heterocycles. The van der Waals surface area contributed by atoms with E-state index in [4.69, 9.17) is 4.74 Å². The second kappa shape index (κ2) is 6.04. The predicted octanol–water partition coefficient (Wildman–Crippen LogP) is -1.62. The first-order valence-electron chi connectivity index (χ1n) is 4.46. The average molecular weight is 214 g/mol. The highest BCUT2D eigenvalue weighted by Gasteiger charge is 2.05. The summed E-state index contributed by atoms with van der Waals surface area (Å²) in [6, 6.07) is 0. The van der Waals surface area contributed by atoms with Crippen molar-refractivity contribution in [2.45, 2.75) is 0 Å². The molecule has 0 fully saturated rings. The number of nitrogens with one attached hydrogen (secondary N) is 2. The van der Waals surface area contributed by atoms with Crippen LogP contribution in [0, 0.1) is 0 Å². The van der Waals surface area contributed by atoms with Crippen LogP contribution in [0.1, 0.15) is 0 Å². The minimum atomic E-state index is -0.209. The van der Waals surface area contributed by atoms with E-state index in [1.807, 2.05) is 0 Å². The van der Waals surface area contributed by atoms with Gasteiger partial charge in [-0.1, -0.05) is 5.10 Å². The molecule has 15 heavy (non-hydrogen) atoms. The normalized spacial score (nSPS) is 10.3. The van der Waals surface area contributed by atoms with Crippen molar-refractivity contribution in [3.8, 4) is 0 Å². The zero-order valence-corrected chi connectivity index (χ0v) is 8.73. The van der Waals surface area contributed by atoms with Gasteiger partial charge >= 0.3 is 0 Å². The zero-order valence-electron chi connectivity index (χ0n) is 8.73. The van der Waals surface area contributed by atoms with Crippen molar-refractivity contribution in [3.05, 3.63) is 0 Å². The maximum absolute atomic E-state index is 11.3. The summed E-state index contributed by atoms with van der Waals surface area (Å²) in [5, 5.41) is 16.4. The number of methoxy groups -OCH3 is 1. The van der Waals surface area contributed by atoms with E-state index < -0.39 is 0 Å². The number of rotatable bonds is 6. The Labute approximate surface area is 87.0 Å². The largest absolute Gasteiger partial charge is 0.383 e. The number of hydrogen-bond acceptors (Lipinski definition) is 6. The molecule has 0 aliphatic carbocycles. The van der Waals surface area contributed by atoms with Crippen LogP contribution in [-0.2, 0) is 16.6 Å². The number of amides is 1. The number of aryl methyl sites for hydroxylation is 1. The fraction of sp³-hybridized carbons (Fsp3) is 0.714. The van der Waals surface area contributed by atoms with Crippen LogP contribution in [0.2, 0.25) is 0 Å². The average Bonchev–Trinajstić information content (AvgIpc) is 2.59. The molecule has 0 radical (unpaired) electrons. The number of carbonyl (C=O) groups is 1. The van der Waals surface area contributed by atoms with Gasteiger partial charge in [-0.25, -0.2) is 0 Å². The first-order chi connectivity index (χ1) is 7.22. The lowest BCUT2D eigenvalue weighted by Gasteiger charge is -2.02. The van der Waals surface area contributed by atoms with E-state index in [1.54, 1.807) is 14.2 Å². The van der Waals surface area contributed by atoms with Crippen LogP contribution in [0.4, 0.5) is 5.95 Å². The molecule has 1 amide bonds. The first kappa shape index (κ1) is 11.5. The molecule has 0 unspecified atom stereocenters. The summed E-state index contributed by atoms with van der Waals surface area (Å²) in [6.45, 7) is 1.39. The van der Waals surface area contributed by atoms with E-state index in [9.17, 15) is 4.79 Å². The monoisotopic (exact) mass is 214 g/mol. The van der Waals surface area contributed by atoms with Gasteiger partial charge in [0.15, 0.2) is 0 Å². The summed E-state index contributed by atoms with van der Waals surface area (Å²) in [4.78, 5) is 12.5. The molecule has 0 aromatic carbocycles. The van der Waals surface area contributed by atoms with Crippen molar-refractivity contribution in [1.29, 1.82) is 0 Å². The Balaban J connectivity index is 2.18. The van der Waals surface area contributed by atoms with Crippen LogP contribution >= 0.6 is 0 Å². The molecule has 8 heteroatoms. The highest BCUT2D eigenvalue weighted by Crippen LogP contribution is 1.90. The Bertz CT molecular complexity index is 312. The lowest BCUT2D eigenvalue weighted by molar-refractivity contribution is -0.115. The number of nitrogens with zero attached hydrogens (tertiary/aromatic N) is 4. The van der Waals surface area contributed by atoms with Crippen molar-refractivity contribution in [2.24, 2.45) is 7.05 Å². The summed E-state index contributed by atoms with van der Waals surface area (Å²) in [6.07, 6.45) is 0. The van der Waals surface area contributed by atoms with Gasteiger partial charge in [0.05, 0.1) is 20.2 Å². The van der Waals surface area contributed by atoms with Gasteiger partial charge in [-0.2, -0.15) is 4.80 Å². The lowest BCUT2D eigenvalue weighted by Crippen LogP contribution is -2.30. The minimum Gasteiger partial charge on any atom is -0.383 e. The van der Waals surface area contributed by atoms with Crippen LogP contribution < -0.4 is 10.6 Å². The molecule has 8 nitrogen and oxygen atoms in total. The topological polar surface area (TPSA) is 94.0 Å². The maximum atomic E-state index is 11.3. The maximum Gasteiger partial charge on any atom is 0.270 e. The molecule has 0 saturated heterocycles. The second-order valence-electron chi connectivity index (χ2n) is 2.82. The minimum absolute atomic E-state index is 0.196. The van der Waals surface area contributed by atoms with E-state index in [1.165, 1.54) is 4.80 Å². The molecule has 0 aliphatic rings. The van der Waals surface area contributed by atoms with Gasteiger partial charge in [0.2, 0.25) is 5.91 Å². The van der Waals surface area contributed by atoms with Crippen molar-refractivity contribution < 1.29 is 9.53 Å². The van der Waals surface area contributed by atoms with Crippen molar-refractivity contribution in [1.82, 2.24) is 25.5 Å². The SMILES string of the molecule is COCCNCC(=O)Nc1nnn(C)n1. The van der Waals surface area contributed by atoms with Crippen LogP contribution in [0.3, 0.4) is 0 Å². The van der Waals surface area contributed by atoms with Crippen molar-refractivity contribution in [2.75, 3.05) is 32.1 Å². The summed E-state index contributed by atoms with van der Waals surface area (Å²) in [7, 11) is 3.23. The fourth-order valence-corrected chi connectivity index (χ4v) is 0.879. The molecule has 84 valence electrons. The van der Waals surface area contributed by atoms with Gasteiger partial charge < -0.3 is 10.1 Å². The highest BCUT2D eigenvalue weighted by molar-refractivity contribution is 5.90. The number of tetrazole rings is 1. The third-order valence-electron chi connectivity index (χ3n) is 1.53. The van der Waals surface area contributed by atoms with E-state index in [0.717, 1.165) is 0 Å². The van der Waals surface area contributed by atoms with Gasteiger partial charge in [-0.05, 0) is 5.21 Å².